The van der Waals surface area contributed by atoms with E-state index in [1.165, 1.54) is 0 Å². The van der Waals surface area contributed by atoms with Crippen molar-refractivity contribution in [3.8, 4) is 0 Å². The second-order valence-electron chi connectivity index (χ2n) is 4.54. The van der Waals surface area contributed by atoms with E-state index in [4.69, 9.17) is 10.9 Å². The Morgan fingerprint density at radius 1 is 1.18 bits per heavy atom. The van der Waals surface area contributed by atoms with Gasteiger partial charge in [-0.15, -0.1) is 0 Å². The summed E-state index contributed by atoms with van der Waals surface area (Å²) in [6, 6.07) is -0.531. The van der Waals surface area contributed by atoms with Crippen LogP contribution < -0.4 is 10.9 Å². The first kappa shape index (κ1) is 14.4. The smallest absolute Gasteiger partial charge is 0.277 e. The summed E-state index contributed by atoms with van der Waals surface area (Å²) in [6.07, 6.45) is 0. The summed E-state index contributed by atoms with van der Waals surface area (Å²) in [5.41, 5.74) is 5.76. The highest BCUT2D eigenvalue weighted by Gasteiger charge is 2.29. The summed E-state index contributed by atoms with van der Waals surface area (Å²) in [5, 5.41) is 5.01. The molecule has 0 saturated carbocycles. The molecule has 1 saturated heterocycles. The Kier molecular flexibility index (Phi) is 4.48. The molecule has 7 nitrogen and oxygen atoms in total. The number of rotatable bonds is 3. The van der Waals surface area contributed by atoms with E-state index in [0.717, 1.165) is 4.31 Å². The molecule has 1 fully saturated rings. The molecule has 0 aromatic rings. The molecule has 8 heteroatoms. The van der Waals surface area contributed by atoms with E-state index in [0.29, 0.717) is 13.1 Å². The molecule has 1 aliphatic rings. The van der Waals surface area contributed by atoms with Crippen molar-refractivity contribution in [2.24, 2.45) is 16.8 Å². The first-order valence-corrected chi connectivity index (χ1v) is 7.06. The van der Waals surface area contributed by atoms with Crippen molar-refractivity contribution in [1.82, 2.24) is 9.21 Å². The third kappa shape index (κ3) is 3.63. The first-order valence-electron chi connectivity index (χ1n) is 5.55. The van der Waals surface area contributed by atoms with Crippen LogP contribution in [0.2, 0.25) is 0 Å². The number of hydrogen-bond acceptors (Lipinski definition) is 4. The van der Waals surface area contributed by atoms with Crippen molar-refractivity contribution in [1.29, 1.82) is 0 Å². The standard InChI is InChI=1S/C9H20N4O3S/c1-7(2)8(10)9(14)12-3-5-13(6-4-12)17(11,15)16/h7-8H,3-6,10H2,1-2H3,(H2,11,15,16)/t8-/m0/s1. The number of nitrogens with two attached hydrogens (primary N) is 2. The lowest BCUT2D eigenvalue weighted by Crippen LogP contribution is -2.56. The SMILES string of the molecule is CC(C)[C@H](N)C(=O)N1CCN(S(N)(=O)=O)CC1. The summed E-state index contributed by atoms with van der Waals surface area (Å²) in [5.74, 6) is -0.0622. The average Bonchev–Trinajstić information content (AvgIpc) is 2.26. The molecule has 4 N–H and O–H groups in total. The lowest BCUT2D eigenvalue weighted by molar-refractivity contribution is -0.134. The van der Waals surface area contributed by atoms with Gasteiger partial charge in [-0.3, -0.25) is 4.79 Å². The van der Waals surface area contributed by atoms with Gasteiger partial charge in [0.05, 0.1) is 6.04 Å². The minimum Gasteiger partial charge on any atom is -0.339 e. The number of carbonyl (C=O) groups is 1. The maximum atomic E-state index is 11.9. The highest BCUT2D eigenvalue weighted by molar-refractivity contribution is 7.86. The highest BCUT2D eigenvalue weighted by Crippen LogP contribution is 2.08. The lowest BCUT2D eigenvalue weighted by atomic mass is 10.0. The summed E-state index contributed by atoms with van der Waals surface area (Å²) < 4.78 is 23.3. The van der Waals surface area contributed by atoms with Crippen molar-refractivity contribution in [3.63, 3.8) is 0 Å². The van der Waals surface area contributed by atoms with Gasteiger partial charge in [0.1, 0.15) is 0 Å². The predicted molar refractivity (Wildman–Crippen MR) is 64.1 cm³/mol. The van der Waals surface area contributed by atoms with Crippen LogP contribution in [-0.4, -0.2) is 55.8 Å². The van der Waals surface area contributed by atoms with Crippen LogP contribution in [0, 0.1) is 5.92 Å². The molecule has 17 heavy (non-hydrogen) atoms. The van der Waals surface area contributed by atoms with Gasteiger partial charge in [-0.05, 0) is 5.92 Å². The van der Waals surface area contributed by atoms with Crippen LogP contribution in [0.5, 0.6) is 0 Å². The van der Waals surface area contributed by atoms with Gasteiger partial charge in [0.2, 0.25) is 5.91 Å². The molecule has 100 valence electrons. The number of nitrogens with zero attached hydrogens (tertiary/aromatic N) is 2. The quantitative estimate of drug-likeness (QED) is 0.634. The lowest BCUT2D eigenvalue weighted by Gasteiger charge is -2.34. The Labute approximate surface area is 102 Å². The molecule has 0 aromatic carbocycles. The van der Waals surface area contributed by atoms with Gasteiger partial charge < -0.3 is 10.6 Å². The normalized spacial score (nSPS) is 20.6. The average molecular weight is 264 g/mol. The van der Waals surface area contributed by atoms with Crippen molar-refractivity contribution >= 4 is 16.1 Å². The largest absolute Gasteiger partial charge is 0.339 e. The van der Waals surface area contributed by atoms with E-state index in [2.05, 4.69) is 0 Å². The molecule has 1 aliphatic heterocycles. The van der Waals surface area contributed by atoms with Crippen molar-refractivity contribution in [3.05, 3.63) is 0 Å². The van der Waals surface area contributed by atoms with Crippen LogP contribution in [0.1, 0.15) is 13.8 Å². The summed E-state index contributed by atoms with van der Waals surface area (Å²) in [6.45, 7) is 4.91. The second-order valence-corrected chi connectivity index (χ2v) is 6.09. The Morgan fingerprint density at radius 3 is 2.00 bits per heavy atom. The van der Waals surface area contributed by atoms with Gasteiger partial charge in [0.15, 0.2) is 0 Å². The molecule has 1 heterocycles. The molecule has 0 unspecified atom stereocenters. The Bertz CT molecular complexity index is 374. The first-order chi connectivity index (χ1) is 7.73. The fourth-order valence-corrected chi connectivity index (χ4v) is 2.33. The van der Waals surface area contributed by atoms with Crippen LogP contribution in [-0.2, 0) is 15.0 Å². The molecule has 0 radical (unpaired) electrons. The Hall–Kier alpha value is -0.700. The van der Waals surface area contributed by atoms with E-state index in [-0.39, 0.29) is 24.9 Å². The van der Waals surface area contributed by atoms with Crippen LogP contribution in [0.3, 0.4) is 0 Å². The van der Waals surface area contributed by atoms with Gasteiger partial charge in [-0.25, -0.2) is 5.14 Å². The molecule has 1 amide bonds. The van der Waals surface area contributed by atoms with Crippen molar-refractivity contribution in [2.75, 3.05) is 26.2 Å². The van der Waals surface area contributed by atoms with E-state index < -0.39 is 16.3 Å². The summed E-state index contributed by atoms with van der Waals surface area (Å²) in [4.78, 5) is 13.5. The van der Waals surface area contributed by atoms with Gasteiger partial charge in [0.25, 0.3) is 10.2 Å². The van der Waals surface area contributed by atoms with Gasteiger partial charge in [-0.2, -0.15) is 12.7 Å². The molecule has 0 aromatic heterocycles. The molecule has 0 aliphatic carbocycles. The zero-order valence-electron chi connectivity index (χ0n) is 10.2. The maximum Gasteiger partial charge on any atom is 0.277 e. The zero-order chi connectivity index (χ0) is 13.2. The maximum absolute atomic E-state index is 11.9. The summed E-state index contributed by atoms with van der Waals surface area (Å²) in [7, 11) is -3.65. The predicted octanol–water partition coefficient (Wildman–Crippen LogP) is -1.68. The van der Waals surface area contributed by atoms with Gasteiger partial charge in [0, 0.05) is 26.2 Å². The van der Waals surface area contributed by atoms with Crippen molar-refractivity contribution < 1.29 is 13.2 Å². The molecular weight excluding hydrogens is 244 g/mol. The minimum absolute atomic E-state index is 0.0683. The van der Waals surface area contributed by atoms with Crippen LogP contribution in [0.25, 0.3) is 0 Å². The van der Waals surface area contributed by atoms with E-state index in [1.54, 1.807) is 4.90 Å². The van der Waals surface area contributed by atoms with Crippen LogP contribution >= 0.6 is 0 Å². The monoisotopic (exact) mass is 264 g/mol. The number of carbonyl (C=O) groups excluding carboxylic acids is 1. The summed E-state index contributed by atoms with van der Waals surface area (Å²) >= 11 is 0. The molecular formula is C9H20N4O3S. The van der Waals surface area contributed by atoms with Crippen molar-refractivity contribution in [2.45, 2.75) is 19.9 Å². The Morgan fingerprint density at radius 2 is 1.65 bits per heavy atom. The number of amides is 1. The second kappa shape index (κ2) is 5.30. The third-order valence-electron chi connectivity index (χ3n) is 2.91. The topological polar surface area (TPSA) is 110 Å². The minimum atomic E-state index is -3.65. The highest BCUT2D eigenvalue weighted by atomic mass is 32.2. The third-order valence-corrected chi connectivity index (χ3v) is 4.00. The number of piperazine rings is 1. The van der Waals surface area contributed by atoms with E-state index >= 15 is 0 Å². The van der Waals surface area contributed by atoms with E-state index in [9.17, 15) is 13.2 Å². The van der Waals surface area contributed by atoms with Gasteiger partial charge in [-0.1, -0.05) is 13.8 Å². The number of hydrogen-bond donors (Lipinski definition) is 2. The Balaban J connectivity index is 2.56. The van der Waals surface area contributed by atoms with Crippen LogP contribution in [0.4, 0.5) is 0 Å². The fraction of sp³-hybridized carbons (Fsp3) is 0.889. The molecule has 1 rings (SSSR count). The van der Waals surface area contributed by atoms with Gasteiger partial charge >= 0.3 is 0 Å². The molecule has 0 spiro atoms. The zero-order valence-corrected chi connectivity index (χ0v) is 11.0. The van der Waals surface area contributed by atoms with E-state index in [1.807, 2.05) is 13.8 Å². The fourth-order valence-electron chi connectivity index (χ4n) is 1.66. The molecule has 1 atom stereocenters. The molecule has 0 bridgehead atoms. The van der Waals surface area contributed by atoms with Crippen LogP contribution in [0.15, 0.2) is 0 Å².